The van der Waals surface area contributed by atoms with E-state index in [1.54, 1.807) is 12.2 Å². The summed E-state index contributed by atoms with van der Waals surface area (Å²) in [5.41, 5.74) is 0.826. The Labute approximate surface area is 112 Å². The first-order valence-electron chi connectivity index (χ1n) is 6.68. The van der Waals surface area contributed by atoms with E-state index < -0.39 is 0 Å². The molecule has 0 heterocycles. The normalized spacial score (nSPS) is 17.7. The molecule has 0 unspecified atom stereocenters. The number of hydrogen-bond acceptors (Lipinski definition) is 2. The Hall–Kier alpha value is -1.18. The monoisotopic (exact) mass is 249 g/mol. The highest BCUT2D eigenvalue weighted by Crippen LogP contribution is 2.38. The first kappa shape index (κ1) is 14.9. The largest absolute Gasteiger partial charge is 1.00 e. The van der Waals surface area contributed by atoms with Crippen LogP contribution < -0.4 is 0 Å². The molecule has 2 heteroatoms. The summed E-state index contributed by atoms with van der Waals surface area (Å²) in [5.74, 6) is -0.00375. The number of rotatable bonds is 4. The van der Waals surface area contributed by atoms with Gasteiger partial charge in [-0.3, -0.25) is 9.59 Å². The molecule has 0 spiro atoms. The van der Waals surface area contributed by atoms with Crippen molar-refractivity contribution in [3.8, 4) is 0 Å². The maximum Gasteiger partial charge on any atom is 1.00 e. The Morgan fingerprint density at radius 2 is 1.11 bits per heavy atom. The second-order valence-corrected chi connectivity index (χ2v) is 6.32. The molecular weight excluding hydrogens is 224 g/mol. The van der Waals surface area contributed by atoms with Crippen LogP contribution in [-0.2, 0) is 9.59 Å². The SMILES string of the molecule is CCC(C)(C)C1=CC(=O)C(C(C)(C)CC)=CC1=O.[H+]. The predicted octanol–water partition coefficient (Wildman–Crippen LogP) is 3.98. The molecule has 2 nitrogen and oxygen atoms in total. The minimum absolute atomic E-state index is 0. The molecule has 100 valence electrons. The molecular formula is C16H25O2+. The van der Waals surface area contributed by atoms with Crippen LogP contribution in [0.25, 0.3) is 0 Å². The zero-order chi connectivity index (χ0) is 14.1. The van der Waals surface area contributed by atoms with Gasteiger partial charge < -0.3 is 0 Å². The van der Waals surface area contributed by atoms with E-state index in [9.17, 15) is 9.59 Å². The van der Waals surface area contributed by atoms with Crippen molar-refractivity contribution in [3.63, 3.8) is 0 Å². The number of ketones is 2. The fourth-order valence-corrected chi connectivity index (χ4v) is 2.00. The molecule has 18 heavy (non-hydrogen) atoms. The van der Waals surface area contributed by atoms with Crippen LogP contribution in [0.3, 0.4) is 0 Å². The molecule has 0 aromatic carbocycles. The summed E-state index contributed by atoms with van der Waals surface area (Å²) in [6, 6.07) is 0. The van der Waals surface area contributed by atoms with Crippen molar-refractivity contribution in [1.29, 1.82) is 0 Å². The van der Waals surface area contributed by atoms with Crippen LogP contribution in [0.15, 0.2) is 23.3 Å². The van der Waals surface area contributed by atoms with Gasteiger partial charge in [0.15, 0.2) is 11.6 Å². The average Bonchev–Trinajstić information content (AvgIpc) is 2.31. The number of allylic oxidation sites excluding steroid dienone is 4. The van der Waals surface area contributed by atoms with Gasteiger partial charge in [-0.1, -0.05) is 41.5 Å². The van der Waals surface area contributed by atoms with Gasteiger partial charge in [0.1, 0.15) is 0 Å². The summed E-state index contributed by atoms with van der Waals surface area (Å²) in [4.78, 5) is 24.4. The van der Waals surface area contributed by atoms with Crippen molar-refractivity contribution < 1.29 is 11.0 Å². The molecule has 0 fully saturated rings. The number of carbonyl (C=O) groups is 2. The molecule has 0 saturated heterocycles. The van der Waals surface area contributed by atoms with Crippen LogP contribution in [-0.4, -0.2) is 11.6 Å². The lowest BCUT2D eigenvalue weighted by Crippen LogP contribution is -2.29. The molecule has 1 aliphatic carbocycles. The van der Waals surface area contributed by atoms with Gasteiger partial charge in [0.2, 0.25) is 0 Å². The van der Waals surface area contributed by atoms with E-state index in [1.807, 2.05) is 41.5 Å². The van der Waals surface area contributed by atoms with Gasteiger partial charge in [0.25, 0.3) is 0 Å². The fourth-order valence-electron chi connectivity index (χ4n) is 2.00. The number of carbonyl (C=O) groups excluding carboxylic acids is 2. The van der Waals surface area contributed by atoms with Crippen LogP contribution in [0.2, 0.25) is 0 Å². The summed E-state index contributed by atoms with van der Waals surface area (Å²) in [7, 11) is 0. The molecule has 0 saturated carbocycles. The Morgan fingerprint density at radius 3 is 1.33 bits per heavy atom. The third-order valence-corrected chi connectivity index (χ3v) is 4.31. The minimum atomic E-state index is -0.231. The maximum atomic E-state index is 12.2. The van der Waals surface area contributed by atoms with Crippen molar-refractivity contribution in [2.75, 3.05) is 0 Å². The topological polar surface area (TPSA) is 34.1 Å². The second kappa shape index (κ2) is 4.83. The minimum Gasteiger partial charge on any atom is -0.290 e. The quantitative estimate of drug-likeness (QED) is 0.706. The van der Waals surface area contributed by atoms with Crippen molar-refractivity contribution in [2.45, 2.75) is 54.4 Å². The average molecular weight is 249 g/mol. The zero-order valence-electron chi connectivity index (χ0n) is 13.4. The maximum absolute atomic E-state index is 12.2. The lowest BCUT2D eigenvalue weighted by atomic mass is 9.71. The van der Waals surface area contributed by atoms with Gasteiger partial charge >= 0.3 is 1.43 Å². The van der Waals surface area contributed by atoms with Gasteiger partial charge in [-0.15, -0.1) is 0 Å². The van der Waals surface area contributed by atoms with E-state index >= 15 is 0 Å². The highest BCUT2D eigenvalue weighted by atomic mass is 16.1. The smallest absolute Gasteiger partial charge is 0.290 e. The highest BCUT2D eigenvalue weighted by Gasteiger charge is 2.34. The molecule has 1 aliphatic rings. The van der Waals surface area contributed by atoms with Gasteiger partial charge in [-0.25, -0.2) is 0 Å². The van der Waals surface area contributed by atoms with Crippen molar-refractivity contribution in [1.82, 2.24) is 0 Å². The molecule has 0 aromatic heterocycles. The van der Waals surface area contributed by atoms with Gasteiger partial charge in [0, 0.05) is 11.1 Å². The highest BCUT2D eigenvalue weighted by molar-refractivity contribution is 6.20. The van der Waals surface area contributed by atoms with E-state index in [2.05, 4.69) is 0 Å². The molecule has 0 aromatic rings. The molecule has 0 aliphatic heterocycles. The summed E-state index contributed by atoms with van der Waals surface area (Å²) < 4.78 is 0. The van der Waals surface area contributed by atoms with E-state index in [1.165, 1.54) is 0 Å². The first-order chi connectivity index (χ1) is 8.15. The summed E-state index contributed by atoms with van der Waals surface area (Å²) in [6.07, 6.45) is 4.80. The van der Waals surface area contributed by atoms with E-state index in [4.69, 9.17) is 0 Å². The molecule has 0 amide bonds. The van der Waals surface area contributed by atoms with Crippen LogP contribution in [0.1, 0.15) is 55.8 Å². The summed E-state index contributed by atoms with van der Waals surface area (Å²) in [6.45, 7) is 12.1. The van der Waals surface area contributed by atoms with E-state index in [0.717, 1.165) is 12.8 Å². The van der Waals surface area contributed by atoms with Crippen molar-refractivity contribution >= 4 is 11.6 Å². The fraction of sp³-hybridized carbons (Fsp3) is 0.625. The first-order valence-corrected chi connectivity index (χ1v) is 6.68. The Balaban J connectivity index is 0.00000324. The Morgan fingerprint density at radius 1 is 0.833 bits per heavy atom. The molecule has 0 N–H and O–H groups in total. The van der Waals surface area contributed by atoms with Crippen molar-refractivity contribution in [2.24, 2.45) is 10.8 Å². The van der Waals surface area contributed by atoms with E-state index in [-0.39, 0.29) is 23.8 Å². The summed E-state index contributed by atoms with van der Waals surface area (Å²) >= 11 is 0. The number of hydrogen-bond donors (Lipinski definition) is 0. The van der Waals surface area contributed by atoms with Crippen LogP contribution in [0.4, 0.5) is 0 Å². The van der Waals surface area contributed by atoms with Crippen LogP contribution >= 0.6 is 0 Å². The molecule has 0 radical (unpaired) electrons. The summed E-state index contributed by atoms with van der Waals surface area (Å²) in [5, 5.41) is 0. The predicted molar refractivity (Wildman–Crippen MR) is 75.4 cm³/mol. The van der Waals surface area contributed by atoms with Gasteiger partial charge in [0.05, 0.1) is 0 Å². The zero-order valence-corrected chi connectivity index (χ0v) is 12.4. The standard InChI is InChI=1S/C16H24O2/c1-7-15(3,4)11-9-14(18)12(10-13(11)17)16(5,6)8-2/h9-10H,7-8H2,1-6H3/p+1. The second-order valence-electron chi connectivity index (χ2n) is 6.32. The van der Waals surface area contributed by atoms with Gasteiger partial charge in [-0.2, -0.15) is 0 Å². The van der Waals surface area contributed by atoms with Gasteiger partial charge in [-0.05, 0) is 35.8 Å². The molecule has 1 rings (SSSR count). The Kier molecular flexibility index (Phi) is 3.99. The Bertz CT molecular complexity index is 398. The van der Waals surface area contributed by atoms with Crippen LogP contribution in [0.5, 0.6) is 0 Å². The molecule has 0 atom stereocenters. The molecule has 0 bridgehead atoms. The lowest BCUT2D eigenvalue weighted by Gasteiger charge is -2.31. The van der Waals surface area contributed by atoms with E-state index in [0.29, 0.717) is 11.1 Å². The third kappa shape index (κ3) is 2.63. The van der Waals surface area contributed by atoms with Crippen LogP contribution in [0, 0.1) is 10.8 Å². The van der Waals surface area contributed by atoms with Crippen molar-refractivity contribution in [3.05, 3.63) is 23.3 Å². The third-order valence-electron chi connectivity index (χ3n) is 4.31. The lowest BCUT2D eigenvalue weighted by molar-refractivity contribution is -0.116.